The van der Waals surface area contributed by atoms with Gasteiger partial charge in [-0.1, -0.05) is 0 Å². The predicted molar refractivity (Wildman–Crippen MR) is 124 cm³/mol. The first-order valence-corrected chi connectivity index (χ1v) is 11.7. The highest BCUT2D eigenvalue weighted by Crippen LogP contribution is 2.32. The lowest BCUT2D eigenvalue weighted by molar-refractivity contribution is 0.0421. The van der Waals surface area contributed by atoms with Crippen molar-refractivity contribution in [3.8, 4) is 0 Å². The Morgan fingerprint density at radius 2 is 2.06 bits per heavy atom. The fraction of sp³-hybridized carbons (Fsp3) is 0.583. The molecule has 0 aliphatic carbocycles. The number of ether oxygens (including phenoxy) is 1. The molecule has 166 valence electrons. The van der Waals surface area contributed by atoms with Gasteiger partial charge in [-0.2, -0.15) is 5.10 Å². The summed E-state index contributed by atoms with van der Waals surface area (Å²) >= 11 is 0. The molecule has 2 aliphatic heterocycles. The number of aryl methyl sites for hydroxylation is 3. The Bertz CT molecular complexity index is 1000. The number of anilines is 1. The number of benzene rings is 1. The van der Waals surface area contributed by atoms with Gasteiger partial charge < -0.3 is 19.5 Å². The topological polar surface area (TPSA) is 60.1 Å². The van der Waals surface area contributed by atoms with Crippen LogP contribution in [0, 0.1) is 0 Å². The monoisotopic (exact) mass is 422 g/mol. The number of hydrogen-bond donors (Lipinski definition) is 1. The molecule has 31 heavy (non-hydrogen) atoms. The first-order valence-electron chi connectivity index (χ1n) is 11.7. The fourth-order valence-corrected chi connectivity index (χ4v) is 5.04. The van der Waals surface area contributed by atoms with Gasteiger partial charge in [-0.15, -0.1) is 0 Å². The lowest BCUT2D eigenvalue weighted by Gasteiger charge is -2.31. The molecule has 7 heteroatoms. The van der Waals surface area contributed by atoms with Gasteiger partial charge in [-0.25, -0.2) is 4.98 Å². The van der Waals surface area contributed by atoms with Crippen LogP contribution >= 0.6 is 0 Å². The second-order valence-corrected chi connectivity index (χ2v) is 9.07. The Labute approximate surface area is 184 Å². The van der Waals surface area contributed by atoms with E-state index in [-0.39, 0.29) is 0 Å². The third kappa shape index (κ3) is 4.34. The van der Waals surface area contributed by atoms with Crippen LogP contribution in [0.3, 0.4) is 0 Å². The van der Waals surface area contributed by atoms with E-state index >= 15 is 0 Å². The van der Waals surface area contributed by atoms with Crippen molar-refractivity contribution in [1.29, 1.82) is 0 Å². The Morgan fingerprint density at radius 3 is 2.87 bits per heavy atom. The molecule has 2 aromatic heterocycles. The van der Waals surface area contributed by atoms with Crippen LogP contribution in [-0.2, 0) is 30.7 Å². The Morgan fingerprint density at radius 1 is 1.19 bits per heavy atom. The SMILES string of the molecule is C[C@H]1CCc2c(ccc3c2nc(CCn2cccn2)n3CCN(C)C2CCOCC2)N1. The summed E-state index contributed by atoms with van der Waals surface area (Å²) < 4.78 is 10.00. The molecule has 0 saturated carbocycles. The van der Waals surface area contributed by atoms with E-state index in [0.29, 0.717) is 12.1 Å². The summed E-state index contributed by atoms with van der Waals surface area (Å²) in [7, 11) is 2.26. The van der Waals surface area contributed by atoms with Crippen molar-refractivity contribution >= 4 is 16.7 Å². The van der Waals surface area contributed by atoms with Gasteiger partial charge in [0.15, 0.2) is 0 Å². The normalized spacial score (nSPS) is 19.6. The largest absolute Gasteiger partial charge is 0.382 e. The molecule has 0 unspecified atom stereocenters. The Kier molecular flexibility index (Phi) is 5.96. The number of hydrogen-bond acceptors (Lipinski definition) is 5. The van der Waals surface area contributed by atoms with E-state index in [0.717, 1.165) is 70.8 Å². The van der Waals surface area contributed by atoms with Crippen molar-refractivity contribution in [3.63, 3.8) is 0 Å². The number of nitrogens with zero attached hydrogens (tertiary/aromatic N) is 5. The van der Waals surface area contributed by atoms with E-state index in [2.05, 4.69) is 46.0 Å². The first-order chi connectivity index (χ1) is 15.2. The number of fused-ring (bicyclic) bond motifs is 3. The minimum atomic E-state index is 0.527. The maximum absolute atomic E-state index is 5.55. The number of aromatic nitrogens is 4. The van der Waals surface area contributed by atoms with E-state index in [1.165, 1.54) is 22.3 Å². The maximum Gasteiger partial charge on any atom is 0.111 e. The van der Waals surface area contributed by atoms with Crippen LogP contribution in [-0.4, -0.2) is 63.1 Å². The molecule has 1 saturated heterocycles. The predicted octanol–water partition coefficient (Wildman–Crippen LogP) is 3.33. The van der Waals surface area contributed by atoms with Crippen LogP contribution in [0.15, 0.2) is 30.6 Å². The number of nitrogens with one attached hydrogen (secondary N) is 1. The summed E-state index contributed by atoms with van der Waals surface area (Å²) in [5, 5.41) is 8.02. The summed E-state index contributed by atoms with van der Waals surface area (Å²) in [6.07, 6.45) is 9.27. The molecule has 1 fully saturated rings. The van der Waals surface area contributed by atoms with Crippen molar-refractivity contribution in [3.05, 3.63) is 42.0 Å². The second kappa shape index (κ2) is 9.01. The first kappa shape index (κ1) is 20.5. The van der Waals surface area contributed by atoms with E-state index in [1.54, 1.807) is 0 Å². The van der Waals surface area contributed by atoms with Crippen molar-refractivity contribution in [2.24, 2.45) is 0 Å². The highest BCUT2D eigenvalue weighted by atomic mass is 16.5. The molecule has 0 radical (unpaired) electrons. The van der Waals surface area contributed by atoms with Crippen LogP contribution in [0.4, 0.5) is 5.69 Å². The van der Waals surface area contributed by atoms with Crippen LogP contribution < -0.4 is 5.32 Å². The summed E-state index contributed by atoms with van der Waals surface area (Å²) in [6, 6.07) is 7.65. The minimum absolute atomic E-state index is 0.527. The zero-order valence-corrected chi connectivity index (χ0v) is 18.8. The van der Waals surface area contributed by atoms with Gasteiger partial charge in [0.2, 0.25) is 0 Å². The minimum Gasteiger partial charge on any atom is -0.382 e. The van der Waals surface area contributed by atoms with Crippen molar-refractivity contribution in [1.82, 2.24) is 24.2 Å². The van der Waals surface area contributed by atoms with Crippen LogP contribution in [0.25, 0.3) is 11.0 Å². The average molecular weight is 423 g/mol. The smallest absolute Gasteiger partial charge is 0.111 e. The quantitative estimate of drug-likeness (QED) is 0.633. The molecule has 2 aliphatic rings. The van der Waals surface area contributed by atoms with Gasteiger partial charge >= 0.3 is 0 Å². The highest BCUT2D eigenvalue weighted by Gasteiger charge is 2.22. The van der Waals surface area contributed by atoms with Gasteiger partial charge in [0.05, 0.1) is 11.0 Å². The molecule has 3 aromatic rings. The molecule has 1 N–H and O–H groups in total. The van der Waals surface area contributed by atoms with Gasteiger partial charge in [0, 0.05) is 75.0 Å². The van der Waals surface area contributed by atoms with Gasteiger partial charge in [-0.05, 0) is 57.9 Å². The lowest BCUT2D eigenvalue weighted by Crippen LogP contribution is -2.38. The number of rotatable bonds is 7. The van der Waals surface area contributed by atoms with E-state index < -0.39 is 0 Å². The molecule has 0 spiro atoms. The summed E-state index contributed by atoms with van der Waals surface area (Å²) in [4.78, 5) is 7.69. The average Bonchev–Trinajstić information content (AvgIpc) is 3.44. The lowest BCUT2D eigenvalue weighted by atomic mass is 9.98. The molecule has 0 amide bonds. The third-order valence-electron chi connectivity index (χ3n) is 6.95. The molecule has 5 rings (SSSR count). The van der Waals surface area contributed by atoms with E-state index in [9.17, 15) is 0 Å². The standard InChI is InChI=1S/C24H34N6O/c1-18-4-5-20-21(26-18)6-7-22-24(20)27-23(8-13-29-12-3-11-25-29)30(22)15-14-28(2)19-9-16-31-17-10-19/h3,6-7,11-12,18-19,26H,4-5,8-10,13-17H2,1-2H3/t18-/m0/s1. The summed E-state index contributed by atoms with van der Waals surface area (Å²) in [5.74, 6) is 1.16. The van der Waals surface area contributed by atoms with Crippen molar-refractivity contribution in [2.45, 2.75) is 64.2 Å². The third-order valence-corrected chi connectivity index (χ3v) is 6.95. The maximum atomic E-state index is 5.55. The van der Waals surface area contributed by atoms with Crippen LogP contribution in [0.2, 0.25) is 0 Å². The molecular formula is C24H34N6O. The second-order valence-electron chi connectivity index (χ2n) is 9.07. The number of likely N-dealkylation sites (N-methyl/N-ethyl adjacent to an activating group) is 1. The molecule has 4 heterocycles. The molecule has 1 aromatic carbocycles. The zero-order chi connectivity index (χ0) is 21.2. The Hall–Kier alpha value is -2.38. The molecular weight excluding hydrogens is 388 g/mol. The highest BCUT2D eigenvalue weighted by molar-refractivity contribution is 5.86. The van der Waals surface area contributed by atoms with Gasteiger partial charge in [0.25, 0.3) is 0 Å². The Balaban J connectivity index is 1.42. The van der Waals surface area contributed by atoms with Gasteiger partial charge in [-0.3, -0.25) is 4.68 Å². The van der Waals surface area contributed by atoms with Crippen molar-refractivity contribution in [2.75, 3.05) is 32.1 Å². The molecule has 0 bridgehead atoms. The zero-order valence-electron chi connectivity index (χ0n) is 18.8. The molecule has 7 nitrogen and oxygen atoms in total. The van der Waals surface area contributed by atoms with Crippen LogP contribution in [0.5, 0.6) is 0 Å². The fourth-order valence-electron chi connectivity index (χ4n) is 5.04. The summed E-state index contributed by atoms with van der Waals surface area (Å²) in [5.41, 5.74) is 5.09. The number of imidazole rings is 1. The van der Waals surface area contributed by atoms with Crippen molar-refractivity contribution < 1.29 is 4.74 Å². The van der Waals surface area contributed by atoms with Gasteiger partial charge in [0.1, 0.15) is 5.82 Å². The van der Waals surface area contributed by atoms with E-state index in [4.69, 9.17) is 9.72 Å². The van der Waals surface area contributed by atoms with E-state index in [1.807, 2.05) is 23.1 Å². The summed E-state index contributed by atoms with van der Waals surface area (Å²) in [6.45, 7) is 6.86. The molecule has 1 atom stereocenters. The van der Waals surface area contributed by atoms with Crippen LogP contribution in [0.1, 0.15) is 37.6 Å².